The van der Waals surface area contributed by atoms with Crippen molar-refractivity contribution in [3.63, 3.8) is 0 Å². The van der Waals surface area contributed by atoms with Crippen molar-refractivity contribution in [2.24, 2.45) is 9.98 Å². The van der Waals surface area contributed by atoms with Crippen LogP contribution in [-0.2, 0) is 25.3 Å². The van der Waals surface area contributed by atoms with Crippen molar-refractivity contribution >= 4 is 135 Å². The van der Waals surface area contributed by atoms with Crippen molar-refractivity contribution in [3.05, 3.63) is 0 Å². The molecule has 0 aliphatic carbocycles. The Bertz CT molecular complexity index is 598. The van der Waals surface area contributed by atoms with Gasteiger partial charge in [0.2, 0.25) is 6.40 Å². The number of aliphatic hydroxyl groups is 1. The van der Waals surface area contributed by atoms with E-state index in [9.17, 15) is 9.00 Å². The minimum atomic E-state index is -1.04. The first-order valence-corrected chi connectivity index (χ1v) is 22.5. The summed E-state index contributed by atoms with van der Waals surface area (Å²) in [6.07, 6.45) is 2.97. The first-order valence-electron chi connectivity index (χ1n) is 10.5. The summed E-state index contributed by atoms with van der Waals surface area (Å²) in [6, 6.07) is 0. The number of aliphatic hydroxyl groups excluding tert-OH is 1. The van der Waals surface area contributed by atoms with Crippen LogP contribution in [-0.4, -0.2) is 112 Å². The second-order valence-corrected chi connectivity index (χ2v) is 17.8. The predicted octanol–water partition coefficient (Wildman–Crippen LogP) is 5.26. The van der Waals surface area contributed by atoms with Crippen LogP contribution in [0.25, 0.3) is 0 Å². The fourth-order valence-electron chi connectivity index (χ4n) is 1.56. The number of aliphatic imine (C=N–C) groups is 2. The maximum Gasteiger partial charge on any atom is 0.408 e. The maximum atomic E-state index is 11.7. The molecule has 9 nitrogen and oxygen atoms in total. The van der Waals surface area contributed by atoms with Crippen LogP contribution in [0.1, 0.15) is 0 Å². The van der Waals surface area contributed by atoms with Crippen LogP contribution >= 0.6 is 106 Å². The van der Waals surface area contributed by atoms with Gasteiger partial charge in [0.1, 0.15) is 11.9 Å². The number of nitrogens with zero attached hydrogens (tertiary/aromatic N) is 2. The molecule has 0 aromatic carbocycles. The molecule has 19 heteroatoms. The van der Waals surface area contributed by atoms with Gasteiger partial charge in [0.05, 0.1) is 40.6 Å². The average molecular weight is 710 g/mol. The zero-order valence-electron chi connectivity index (χ0n) is 20.5. The van der Waals surface area contributed by atoms with Gasteiger partial charge in [-0.1, -0.05) is 0 Å². The number of ether oxygens (including phenoxy) is 1. The highest BCUT2D eigenvalue weighted by Crippen LogP contribution is 2.19. The topological polar surface area (TPSA) is 119 Å². The smallest absolute Gasteiger partial charge is 0.408 e. The van der Waals surface area contributed by atoms with E-state index >= 15 is 0 Å². The molecule has 0 aromatic rings. The van der Waals surface area contributed by atoms with Crippen molar-refractivity contribution < 1.29 is 28.6 Å². The number of nitrogens with one attached hydrogen (secondary N) is 1. The summed E-state index contributed by atoms with van der Waals surface area (Å²) in [7, 11) is -1.04. The molecule has 0 spiro atoms. The molecule has 1 unspecified atom stereocenters. The van der Waals surface area contributed by atoms with E-state index in [2.05, 4.69) is 21.6 Å². The number of thioether (sulfide) groups is 9. The fraction of sp³-hybridized carbons (Fsp3) is 0.833. The van der Waals surface area contributed by atoms with Crippen molar-refractivity contribution in [2.75, 3.05) is 85.1 Å². The Morgan fingerprint density at radius 2 is 1.59 bits per heavy atom. The summed E-state index contributed by atoms with van der Waals surface area (Å²) in [4.78, 5) is 29.7. The Kier molecular flexibility index (Phi) is 35.3. The number of alkyl carbamates (subject to hydrolysis) is 1. The Labute approximate surface area is 261 Å². The van der Waals surface area contributed by atoms with E-state index in [4.69, 9.17) is 19.6 Å². The quantitative estimate of drug-likeness (QED) is 0.0274. The van der Waals surface area contributed by atoms with Gasteiger partial charge in [-0.05, 0) is 6.26 Å². The van der Waals surface area contributed by atoms with E-state index in [0.717, 1.165) is 31.2 Å². The second kappa shape index (κ2) is 33.8. The largest absolute Gasteiger partial charge is 0.438 e. The number of carbonyl (C=O) groups is 1. The van der Waals surface area contributed by atoms with Gasteiger partial charge in [0.25, 0.3) is 0 Å². The highest BCUT2D eigenvalue weighted by molar-refractivity contribution is 8.23. The van der Waals surface area contributed by atoms with Crippen LogP contribution in [0.4, 0.5) is 4.79 Å². The minimum Gasteiger partial charge on any atom is -0.438 e. The molecule has 1 atom stereocenters. The molecule has 37 heavy (non-hydrogen) atoms. The zero-order valence-corrected chi connectivity index (χ0v) is 28.7. The molecule has 0 fully saturated rings. The third-order valence-electron chi connectivity index (χ3n) is 2.97. The van der Waals surface area contributed by atoms with E-state index in [-0.39, 0.29) is 6.61 Å². The predicted molar refractivity (Wildman–Crippen MR) is 182 cm³/mol. The second-order valence-electron chi connectivity index (χ2n) is 5.76. The highest BCUT2D eigenvalue weighted by atomic mass is 32.2. The summed E-state index contributed by atoms with van der Waals surface area (Å²) in [6.45, 7) is 0.154. The molecular formula is C18H35N3O6S10. The molecule has 1 amide bonds. The molecule has 0 aromatic heterocycles. The number of amides is 1. The SMILES string of the molecule is CSCSC/N=C/OOCSCSCSCOC(=O)NCSCSCSC/N=C\S(=O)CCSCCO. The number of rotatable bonds is 28. The normalized spacial score (nSPS) is 12.4. The van der Waals surface area contributed by atoms with Gasteiger partial charge in [-0.25, -0.2) is 9.79 Å². The summed E-state index contributed by atoms with van der Waals surface area (Å²) < 4.78 is 16.8. The summed E-state index contributed by atoms with van der Waals surface area (Å²) in [5.41, 5.74) is 1.51. The van der Waals surface area contributed by atoms with Crippen molar-refractivity contribution in [1.82, 2.24) is 5.32 Å². The minimum absolute atomic E-state index is 0.154. The lowest BCUT2D eigenvalue weighted by molar-refractivity contribution is -0.196. The highest BCUT2D eigenvalue weighted by Gasteiger charge is 2.01. The molecule has 2 N–H and O–H groups in total. The Hall–Kier alpha value is 1.63. The molecule has 0 saturated carbocycles. The number of hydrogen-bond donors (Lipinski definition) is 2. The van der Waals surface area contributed by atoms with Gasteiger partial charge in [-0.3, -0.25) is 9.20 Å². The van der Waals surface area contributed by atoms with Crippen LogP contribution < -0.4 is 5.32 Å². The summed E-state index contributed by atoms with van der Waals surface area (Å²) in [5, 5.41) is 15.8. The summed E-state index contributed by atoms with van der Waals surface area (Å²) >= 11 is 14.9. The molecule has 0 bridgehead atoms. The van der Waals surface area contributed by atoms with E-state index in [1.807, 2.05) is 0 Å². The monoisotopic (exact) mass is 709 g/mol. The van der Waals surface area contributed by atoms with Gasteiger partial charge < -0.3 is 20.0 Å². The molecule has 0 radical (unpaired) electrons. The van der Waals surface area contributed by atoms with Crippen molar-refractivity contribution in [1.29, 1.82) is 0 Å². The lowest BCUT2D eigenvalue weighted by Gasteiger charge is -2.06. The summed E-state index contributed by atoms with van der Waals surface area (Å²) in [5.74, 6) is 4.51. The van der Waals surface area contributed by atoms with E-state index in [1.165, 1.54) is 11.9 Å². The van der Waals surface area contributed by atoms with E-state index in [1.54, 1.807) is 106 Å². The third kappa shape index (κ3) is 33.7. The molecule has 0 rings (SSSR count). The molecular weight excluding hydrogens is 675 g/mol. The zero-order chi connectivity index (χ0) is 27.1. The Balaban J connectivity index is 3.29. The third-order valence-corrected chi connectivity index (χ3v) is 13.7. The van der Waals surface area contributed by atoms with Crippen LogP contribution in [0.15, 0.2) is 9.98 Å². The molecule has 0 saturated heterocycles. The van der Waals surface area contributed by atoms with Gasteiger partial charge in [-0.15, -0.1) is 82.3 Å². The lowest BCUT2D eigenvalue weighted by Crippen LogP contribution is -2.23. The van der Waals surface area contributed by atoms with Crippen molar-refractivity contribution in [2.45, 2.75) is 0 Å². The average Bonchev–Trinajstić information content (AvgIpc) is 2.90. The first kappa shape index (κ1) is 38.6. The first-order chi connectivity index (χ1) is 18.2. The van der Waals surface area contributed by atoms with E-state index in [0.29, 0.717) is 41.0 Å². The maximum absolute atomic E-state index is 11.7. The Morgan fingerprint density at radius 1 is 0.892 bits per heavy atom. The van der Waals surface area contributed by atoms with Crippen LogP contribution in [0.2, 0.25) is 0 Å². The molecule has 0 aliphatic rings. The van der Waals surface area contributed by atoms with Gasteiger partial charge in [0, 0.05) is 42.7 Å². The lowest BCUT2D eigenvalue weighted by atomic mass is 10.9. The van der Waals surface area contributed by atoms with Gasteiger partial charge in [0.15, 0.2) is 0 Å². The molecule has 0 heterocycles. The number of hydrogen-bond acceptors (Lipinski definition) is 17. The van der Waals surface area contributed by atoms with Crippen molar-refractivity contribution in [3.8, 4) is 0 Å². The standard InChI is InChI=1S/C18H35N3O6S10/c1-28-13-30-7-19-6-26-27-12-34-17-36-16-33-11-25-18(23)21-9-32-15-35-14-31-8-20-10-37(24)5-4-29-3-2-22/h6,10,22H,2-5,7-9,11-17H2,1H3,(H,21,23)/b19-6+,20-10-. The molecule has 218 valence electrons. The van der Waals surface area contributed by atoms with Gasteiger partial charge >= 0.3 is 6.09 Å². The van der Waals surface area contributed by atoms with Crippen LogP contribution in [0, 0.1) is 0 Å². The Morgan fingerprint density at radius 3 is 2.38 bits per heavy atom. The molecule has 0 aliphatic heterocycles. The van der Waals surface area contributed by atoms with E-state index < -0.39 is 16.9 Å². The number of carbonyl (C=O) groups excluding carboxylic acids is 1. The van der Waals surface area contributed by atoms with Crippen LogP contribution in [0.3, 0.4) is 0 Å². The fourth-order valence-corrected chi connectivity index (χ4v) is 10.1. The van der Waals surface area contributed by atoms with Gasteiger partial charge in [-0.2, -0.15) is 28.4 Å². The van der Waals surface area contributed by atoms with Crippen LogP contribution in [0.5, 0.6) is 0 Å².